The Labute approximate surface area is 429 Å². The molecule has 0 heterocycles. The number of rotatable bonds is 56. The molecule has 0 saturated heterocycles. The normalized spacial score (nSPS) is 12.9. The van der Waals surface area contributed by atoms with E-state index in [1.54, 1.807) is 6.08 Å². The van der Waals surface area contributed by atoms with Gasteiger partial charge in [-0.2, -0.15) is 0 Å². The summed E-state index contributed by atoms with van der Waals surface area (Å²) in [5, 5.41) is 23.1. The summed E-state index contributed by atoms with van der Waals surface area (Å²) in [5.41, 5.74) is 0. The van der Waals surface area contributed by atoms with Crippen molar-refractivity contribution in [1.29, 1.82) is 0 Å². The molecule has 404 valence electrons. The van der Waals surface area contributed by atoms with Crippen LogP contribution in [0.15, 0.2) is 48.6 Å². The average molecular weight is 969 g/mol. The zero-order valence-corrected chi connectivity index (χ0v) is 46.0. The van der Waals surface area contributed by atoms with Crippen LogP contribution < -0.4 is 5.32 Å². The van der Waals surface area contributed by atoms with E-state index in [1.807, 2.05) is 6.08 Å². The van der Waals surface area contributed by atoms with E-state index in [0.717, 1.165) is 57.8 Å². The van der Waals surface area contributed by atoms with Crippen molar-refractivity contribution in [2.24, 2.45) is 0 Å². The van der Waals surface area contributed by atoms with Crippen molar-refractivity contribution in [3.05, 3.63) is 48.6 Å². The summed E-state index contributed by atoms with van der Waals surface area (Å²) in [6.07, 6.45) is 74.3. The van der Waals surface area contributed by atoms with Crippen LogP contribution in [0.25, 0.3) is 0 Å². The molecule has 0 fully saturated rings. The molecule has 0 saturated carbocycles. The Kier molecular flexibility index (Phi) is 56.5. The summed E-state index contributed by atoms with van der Waals surface area (Å²) in [7, 11) is 0. The number of allylic oxidation sites excluding steroid dienone is 7. The number of carbonyl (C=O) groups excluding carboxylic acids is 2. The molecule has 2 atom stereocenters. The summed E-state index contributed by atoms with van der Waals surface area (Å²) in [6, 6.07) is -0.634. The Hall–Kier alpha value is -2.18. The molecule has 3 N–H and O–H groups in total. The van der Waals surface area contributed by atoms with Crippen molar-refractivity contribution >= 4 is 11.9 Å². The Bertz CT molecular complexity index is 1160. The lowest BCUT2D eigenvalue weighted by Gasteiger charge is -2.20. The van der Waals surface area contributed by atoms with Crippen LogP contribution in [0.1, 0.15) is 316 Å². The number of unbranched alkanes of at least 4 members (excludes halogenated alkanes) is 39. The molecule has 0 aromatic carbocycles. The first-order valence-electron chi connectivity index (χ1n) is 30.4. The predicted molar refractivity (Wildman–Crippen MR) is 301 cm³/mol. The number of esters is 1. The fourth-order valence-electron chi connectivity index (χ4n) is 9.13. The molecule has 0 rings (SSSR count). The highest BCUT2D eigenvalue weighted by Crippen LogP contribution is 2.16. The predicted octanol–water partition coefficient (Wildman–Crippen LogP) is 19.0. The SMILES string of the molecule is CCCCCC/C=C\C/C=C\CCCCCCCCCC(=O)OCCCCCCCCCCCC/C=C\CCCCCCCCCC(=O)NC(CO)C(O)/C=C/CCCCCCCCCCCCC. The minimum Gasteiger partial charge on any atom is -0.466 e. The molecule has 1 amide bonds. The van der Waals surface area contributed by atoms with Crippen molar-refractivity contribution in [3.8, 4) is 0 Å². The van der Waals surface area contributed by atoms with E-state index < -0.39 is 12.1 Å². The molecular weight excluding hydrogens is 851 g/mol. The molecule has 0 bridgehead atoms. The minimum atomic E-state index is -0.849. The molecular formula is C63H117NO5. The van der Waals surface area contributed by atoms with Crippen LogP contribution in [0.4, 0.5) is 0 Å². The van der Waals surface area contributed by atoms with Gasteiger partial charge in [-0.3, -0.25) is 9.59 Å². The van der Waals surface area contributed by atoms with Crippen molar-refractivity contribution in [2.45, 2.75) is 328 Å². The average Bonchev–Trinajstić information content (AvgIpc) is 3.35. The van der Waals surface area contributed by atoms with Crippen LogP contribution in [0, 0.1) is 0 Å². The van der Waals surface area contributed by atoms with Gasteiger partial charge in [0.25, 0.3) is 0 Å². The summed E-state index contributed by atoms with van der Waals surface area (Å²) in [6.45, 7) is 4.88. The lowest BCUT2D eigenvalue weighted by atomic mass is 10.0. The van der Waals surface area contributed by atoms with E-state index >= 15 is 0 Å². The van der Waals surface area contributed by atoms with Gasteiger partial charge in [-0.1, -0.05) is 262 Å². The molecule has 0 aliphatic rings. The number of carbonyl (C=O) groups is 2. The number of amides is 1. The maximum atomic E-state index is 12.4. The molecule has 0 aromatic rings. The summed E-state index contributed by atoms with van der Waals surface area (Å²) in [5.74, 6) is -0.0766. The van der Waals surface area contributed by atoms with Crippen LogP contribution in [0.2, 0.25) is 0 Å². The maximum absolute atomic E-state index is 12.4. The minimum absolute atomic E-state index is 0.000160. The van der Waals surface area contributed by atoms with Crippen molar-refractivity contribution in [2.75, 3.05) is 13.2 Å². The number of aliphatic hydroxyl groups excluding tert-OH is 2. The van der Waals surface area contributed by atoms with E-state index in [4.69, 9.17) is 4.74 Å². The highest BCUT2D eigenvalue weighted by molar-refractivity contribution is 5.76. The van der Waals surface area contributed by atoms with Gasteiger partial charge in [0, 0.05) is 12.8 Å². The number of hydrogen-bond donors (Lipinski definition) is 3. The largest absolute Gasteiger partial charge is 0.466 e. The van der Waals surface area contributed by atoms with Gasteiger partial charge < -0.3 is 20.3 Å². The van der Waals surface area contributed by atoms with Gasteiger partial charge in [0.2, 0.25) is 5.91 Å². The molecule has 0 radical (unpaired) electrons. The highest BCUT2D eigenvalue weighted by Gasteiger charge is 2.18. The van der Waals surface area contributed by atoms with Gasteiger partial charge in [-0.25, -0.2) is 0 Å². The van der Waals surface area contributed by atoms with Gasteiger partial charge in [0.05, 0.1) is 25.4 Å². The third-order valence-corrected chi connectivity index (χ3v) is 13.8. The second kappa shape index (κ2) is 58.4. The summed E-state index contributed by atoms with van der Waals surface area (Å²) in [4.78, 5) is 24.5. The third kappa shape index (κ3) is 55.0. The van der Waals surface area contributed by atoms with Crippen molar-refractivity contribution in [1.82, 2.24) is 5.32 Å². The maximum Gasteiger partial charge on any atom is 0.305 e. The number of hydrogen-bond acceptors (Lipinski definition) is 5. The Balaban J connectivity index is 3.44. The Morgan fingerprint density at radius 2 is 0.725 bits per heavy atom. The topological polar surface area (TPSA) is 95.9 Å². The molecule has 0 aliphatic carbocycles. The molecule has 6 heteroatoms. The van der Waals surface area contributed by atoms with Gasteiger partial charge in [0.1, 0.15) is 0 Å². The lowest BCUT2D eigenvalue weighted by molar-refractivity contribution is -0.143. The van der Waals surface area contributed by atoms with Gasteiger partial charge in [0.15, 0.2) is 0 Å². The fraction of sp³-hybridized carbons (Fsp3) is 0.841. The fourth-order valence-corrected chi connectivity index (χ4v) is 9.13. The zero-order valence-electron chi connectivity index (χ0n) is 46.0. The molecule has 2 unspecified atom stereocenters. The van der Waals surface area contributed by atoms with Gasteiger partial charge >= 0.3 is 5.97 Å². The molecule has 0 aliphatic heterocycles. The third-order valence-electron chi connectivity index (χ3n) is 13.8. The van der Waals surface area contributed by atoms with Gasteiger partial charge in [-0.15, -0.1) is 0 Å². The van der Waals surface area contributed by atoms with E-state index in [9.17, 15) is 19.8 Å². The van der Waals surface area contributed by atoms with Crippen molar-refractivity contribution < 1.29 is 24.5 Å². The van der Waals surface area contributed by atoms with Crippen LogP contribution in [-0.4, -0.2) is 47.4 Å². The van der Waals surface area contributed by atoms with Crippen molar-refractivity contribution in [3.63, 3.8) is 0 Å². The van der Waals surface area contributed by atoms with E-state index in [0.29, 0.717) is 19.4 Å². The Morgan fingerprint density at radius 3 is 1.13 bits per heavy atom. The number of ether oxygens (including phenoxy) is 1. The first-order valence-corrected chi connectivity index (χ1v) is 30.4. The summed E-state index contributed by atoms with van der Waals surface area (Å²) < 4.78 is 5.49. The monoisotopic (exact) mass is 968 g/mol. The molecule has 0 aromatic heterocycles. The highest BCUT2D eigenvalue weighted by atomic mass is 16.5. The molecule has 0 spiro atoms. The molecule has 69 heavy (non-hydrogen) atoms. The summed E-state index contributed by atoms with van der Waals surface area (Å²) >= 11 is 0. The van der Waals surface area contributed by atoms with E-state index in [2.05, 4.69) is 55.6 Å². The number of aliphatic hydroxyl groups is 2. The van der Waals surface area contributed by atoms with Crippen LogP contribution in [0.5, 0.6) is 0 Å². The smallest absolute Gasteiger partial charge is 0.305 e. The quantitative estimate of drug-likeness (QED) is 0.0321. The van der Waals surface area contributed by atoms with E-state index in [1.165, 1.54) is 231 Å². The lowest BCUT2D eigenvalue weighted by Crippen LogP contribution is -2.45. The van der Waals surface area contributed by atoms with Gasteiger partial charge in [-0.05, 0) is 89.9 Å². The standard InChI is InChI=1S/C63H117NO5/c1-3-5-7-9-11-13-15-17-18-19-26-29-33-37-41-45-49-53-57-63(68)69-58-54-50-46-42-38-34-30-27-24-22-20-21-23-25-28-32-36-40-44-48-52-56-62(67)64-60(59-65)61(66)55-51-47-43-39-35-31-16-14-12-10-8-6-4-2/h13,15,18-19,21,23,51,55,60-61,65-66H,3-12,14,16-17,20,22,24-50,52-54,56-59H2,1-2H3,(H,64,67)/b15-13-,19-18-,23-21-,55-51+. The van der Waals surface area contributed by atoms with E-state index in [-0.39, 0.29) is 18.5 Å². The second-order valence-electron chi connectivity index (χ2n) is 20.7. The van der Waals surface area contributed by atoms with Crippen LogP contribution in [-0.2, 0) is 14.3 Å². The Morgan fingerprint density at radius 1 is 0.406 bits per heavy atom. The first kappa shape index (κ1) is 66.8. The molecule has 6 nitrogen and oxygen atoms in total. The second-order valence-corrected chi connectivity index (χ2v) is 20.7. The zero-order chi connectivity index (χ0) is 50.0. The van der Waals surface area contributed by atoms with Crippen LogP contribution in [0.3, 0.4) is 0 Å². The number of nitrogens with one attached hydrogen (secondary N) is 1. The van der Waals surface area contributed by atoms with Crippen LogP contribution >= 0.6 is 0 Å². The first-order chi connectivity index (χ1) is 34.0.